The summed E-state index contributed by atoms with van der Waals surface area (Å²) in [6.45, 7) is -0.342. The molecule has 0 spiro atoms. The smallest absolute Gasteiger partial charge is 0.387 e. The fraction of sp³-hybridized carbons (Fsp3) is 0.462. The highest BCUT2D eigenvalue weighted by atomic mass is 79.9. The third-order valence-corrected chi connectivity index (χ3v) is 4.14. The van der Waals surface area contributed by atoms with E-state index in [4.69, 9.17) is 11.6 Å². The highest BCUT2D eigenvalue weighted by Gasteiger charge is 2.30. The molecule has 0 radical (unpaired) electrons. The molecule has 1 aromatic rings. The summed E-state index contributed by atoms with van der Waals surface area (Å²) in [6, 6.07) is 2.84. The fourth-order valence-corrected chi connectivity index (χ4v) is 3.21. The minimum absolute atomic E-state index is 0.0343. The molecule has 0 saturated carbocycles. The number of anilines is 1. The number of halogens is 4. The Balaban J connectivity index is 2.23. The Morgan fingerprint density at radius 3 is 2.86 bits per heavy atom. The molecule has 0 bridgehead atoms. The number of alkyl halides is 2. The second-order valence-corrected chi connectivity index (χ2v) is 6.06. The maximum Gasteiger partial charge on any atom is 0.387 e. The minimum atomic E-state index is -3.00. The summed E-state index contributed by atoms with van der Waals surface area (Å²) < 4.78 is 29.7. The van der Waals surface area contributed by atoms with Gasteiger partial charge in [0.15, 0.2) is 5.75 Å². The monoisotopic (exact) mass is 382 g/mol. The van der Waals surface area contributed by atoms with Crippen molar-refractivity contribution in [2.24, 2.45) is 5.92 Å². The van der Waals surface area contributed by atoms with Crippen molar-refractivity contribution in [3.8, 4) is 5.75 Å². The average Bonchev–Trinajstić information content (AvgIpc) is 2.79. The van der Waals surface area contributed by atoms with Gasteiger partial charge in [-0.3, -0.25) is 4.79 Å². The van der Waals surface area contributed by atoms with E-state index in [-0.39, 0.29) is 33.8 Å². The first-order chi connectivity index (χ1) is 9.88. The van der Waals surface area contributed by atoms with E-state index in [1.165, 1.54) is 12.1 Å². The van der Waals surface area contributed by atoms with Crippen molar-refractivity contribution >= 4 is 39.1 Å². The number of benzene rings is 1. The summed E-state index contributed by atoms with van der Waals surface area (Å²) in [6.07, 6.45) is 0.694. The number of carbonyl (C=O) groups excluding carboxylic acids is 1. The summed E-state index contributed by atoms with van der Waals surface area (Å²) in [5, 5.41) is 6.08. The molecule has 4 nitrogen and oxygen atoms in total. The summed E-state index contributed by atoms with van der Waals surface area (Å²) in [5.41, 5.74) is 0.124. The van der Waals surface area contributed by atoms with Crippen LogP contribution in [0.3, 0.4) is 0 Å². The van der Waals surface area contributed by atoms with E-state index in [0.717, 1.165) is 6.54 Å². The van der Waals surface area contributed by atoms with Crippen molar-refractivity contribution in [3.05, 3.63) is 21.6 Å². The van der Waals surface area contributed by atoms with Gasteiger partial charge in [0, 0.05) is 11.1 Å². The molecule has 1 heterocycles. The highest BCUT2D eigenvalue weighted by molar-refractivity contribution is 9.10. The first-order valence-corrected chi connectivity index (χ1v) is 7.53. The zero-order valence-electron chi connectivity index (χ0n) is 11.1. The molecule has 1 aliphatic heterocycles. The number of carbonyl (C=O) groups is 1. The van der Waals surface area contributed by atoms with E-state index in [0.29, 0.717) is 11.4 Å². The van der Waals surface area contributed by atoms with Crippen LogP contribution in [0.25, 0.3) is 0 Å². The van der Waals surface area contributed by atoms with Crippen LogP contribution in [-0.2, 0) is 4.79 Å². The van der Waals surface area contributed by atoms with Crippen molar-refractivity contribution in [1.29, 1.82) is 0 Å². The number of hydrogen-bond donors (Lipinski definition) is 2. The Morgan fingerprint density at radius 2 is 2.29 bits per heavy atom. The van der Waals surface area contributed by atoms with Crippen LogP contribution in [0.15, 0.2) is 16.6 Å². The first kappa shape index (κ1) is 16.5. The predicted octanol–water partition coefficient (Wildman–Crippen LogP) is 3.64. The van der Waals surface area contributed by atoms with E-state index in [9.17, 15) is 13.6 Å². The third kappa shape index (κ3) is 4.05. The van der Waals surface area contributed by atoms with Crippen LogP contribution >= 0.6 is 27.5 Å². The molecular weight excluding hydrogens is 370 g/mol. The van der Waals surface area contributed by atoms with Gasteiger partial charge in [-0.2, -0.15) is 8.78 Å². The van der Waals surface area contributed by atoms with Crippen molar-refractivity contribution in [1.82, 2.24) is 5.32 Å². The number of amides is 1. The average molecular weight is 384 g/mol. The Labute approximate surface area is 134 Å². The van der Waals surface area contributed by atoms with Crippen molar-refractivity contribution in [3.63, 3.8) is 0 Å². The largest absolute Gasteiger partial charge is 0.431 e. The standard InChI is InChI=1S/C13H14BrClF2N2O2/c1-6-8(2-3-18-6)12(20)19-10-5-7(15)4-9(14)11(10)21-13(16)17/h4-6,8,13,18H,2-3H2,1H3,(H,19,20). The van der Waals surface area contributed by atoms with Gasteiger partial charge in [-0.1, -0.05) is 11.6 Å². The summed E-state index contributed by atoms with van der Waals surface area (Å²) in [7, 11) is 0. The number of nitrogens with one attached hydrogen (secondary N) is 2. The normalized spacial score (nSPS) is 21.6. The lowest BCUT2D eigenvalue weighted by Crippen LogP contribution is -2.32. The molecule has 1 saturated heterocycles. The van der Waals surface area contributed by atoms with Gasteiger partial charge in [-0.05, 0) is 48.0 Å². The molecule has 1 amide bonds. The maximum atomic E-state index is 12.5. The van der Waals surface area contributed by atoms with Gasteiger partial charge >= 0.3 is 6.61 Å². The fourth-order valence-electron chi connectivity index (χ4n) is 2.30. The van der Waals surface area contributed by atoms with Crippen LogP contribution in [0, 0.1) is 5.92 Å². The quantitative estimate of drug-likeness (QED) is 0.834. The summed E-state index contributed by atoms with van der Waals surface area (Å²) in [5.74, 6) is -0.607. The van der Waals surface area contributed by atoms with Gasteiger partial charge in [0.25, 0.3) is 0 Å². The second kappa shape index (κ2) is 6.89. The van der Waals surface area contributed by atoms with Crippen LogP contribution < -0.4 is 15.4 Å². The van der Waals surface area contributed by atoms with Gasteiger partial charge in [-0.15, -0.1) is 0 Å². The Kier molecular flexibility index (Phi) is 5.40. The Morgan fingerprint density at radius 1 is 1.57 bits per heavy atom. The van der Waals surface area contributed by atoms with Crippen molar-refractivity contribution < 1.29 is 18.3 Å². The van der Waals surface area contributed by atoms with Gasteiger partial charge in [-0.25, -0.2) is 0 Å². The molecule has 21 heavy (non-hydrogen) atoms. The van der Waals surface area contributed by atoms with Crippen LogP contribution in [0.5, 0.6) is 5.75 Å². The lowest BCUT2D eigenvalue weighted by molar-refractivity contribution is -0.120. The summed E-state index contributed by atoms with van der Waals surface area (Å²) in [4.78, 5) is 12.2. The Hall–Kier alpha value is -0.920. The molecule has 1 aliphatic rings. The Bertz CT molecular complexity index is 545. The predicted molar refractivity (Wildman–Crippen MR) is 80.0 cm³/mol. The van der Waals surface area contributed by atoms with Crippen molar-refractivity contribution in [2.75, 3.05) is 11.9 Å². The molecule has 2 rings (SSSR count). The topological polar surface area (TPSA) is 50.4 Å². The molecule has 0 aliphatic carbocycles. The van der Waals surface area contributed by atoms with Crippen LogP contribution in [-0.4, -0.2) is 25.1 Å². The van der Waals surface area contributed by atoms with E-state index in [1.54, 1.807) is 0 Å². The molecule has 8 heteroatoms. The highest BCUT2D eigenvalue weighted by Crippen LogP contribution is 2.38. The zero-order valence-corrected chi connectivity index (χ0v) is 13.5. The van der Waals surface area contributed by atoms with Crippen LogP contribution in [0.4, 0.5) is 14.5 Å². The lowest BCUT2D eigenvalue weighted by atomic mass is 10.0. The SMILES string of the molecule is CC1NCCC1C(=O)Nc1cc(Cl)cc(Br)c1OC(F)F. The first-order valence-electron chi connectivity index (χ1n) is 6.36. The molecule has 0 aromatic heterocycles. The second-order valence-electron chi connectivity index (χ2n) is 4.77. The molecule has 2 atom stereocenters. The van der Waals surface area contributed by atoms with Gasteiger partial charge in [0.2, 0.25) is 5.91 Å². The van der Waals surface area contributed by atoms with E-state index < -0.39 is 6.61 Å². The van der Waals surface area contributed by atoms with Crippen LogP contribution in [0.1, 0.15) is 13.3 Å². The molecule has 2 N–H and O–H groups in total. The molecule has 2 unspecified atom stereocenters. The number of ether oxygens (including phenoxy) is 1. The minimum Gasteiger partial charge on any atom is -0.431 e. The van der Waals surface area contributed by atoms with E-state index in [2.05, 4.69) is 31.3 Å². The zero-order chi connectivity index (χ0) is 15.6. The lowest BCUT2D eigenvalue weighted by Gasteiger charge is -2.18. The molecule has 116 valence electrons. The van der Waals surface area contributed by atoms with Gasteiger partial charge < -0.3 is 15.4 Å². The van der Waals surface area contributed by atoms with Gasteiger partial charge in [0.05, 0.1) is 16.1 Å². The number of rotatable bonds is 4. The third-order valence-electron chi connectivity index (χ3n) is 3.34. The van der Waals surface area contributed by atoms with Crippen molar-refractivity contribution in [2.45, 2.75) is 26.0 Å². The maximum absolute atomic E-state index is 12.5. The number of hydrogen-bond acceptors (Lipinski definition) is 3. The van der Waals surface area contributed by atoms with Gasteiger partial charge in [0.1, 0.15) is 0 Å². The molecule has 1 fully saturated rings. The van der Waals surface area contributed by atoms with E-state index >= 15 is 0 Å². The summed E-state index contributed by atoms with van der Waals surface area (Å²) >= 11 is 9.00. The van der Waals surface area contributed by atoms with Crippen LogP contribution in [0.2, 0.25) is 5.02 Å². The van der Waals surface area contributed by atoms with E-state index in [1.807, 2.05) is 6.92 Å². The molecule has 1 aromatic carbocycles. The molecular formula is C13H14BrClF2N2O2.